The van der Waals surface area contributed by atoms with Gasteiger partial charge in [0, 0.05) is 5.56 Å². The molecule has 2 nitrogen and oxygen atoms in total. The SMILES string of the molecule is N#CC(C#N)=c1c(F)c(F)c2c(c1F)C=CC(F)(F)C=2F. The third kappa shape index (κ3) is 1.96. The first-order valence-corrected chi connectivity index (χ1v) is 5.24. The second-order valence-electron chi connectivity index (χ2n) is 3.97. The van der Waals surface area contributed by atoms with Crippen LogP contribution in [0.15, 0.2) is 6.08 Å². The maximum atomic E-state index is 14.0. The monoisotopic (exact) mass is 300 g/mol. The molecular weight excluding hydrogens is 298 g/mol. The minimum absolute atomic E-state index is 0.0344. The first-order valence-electron chi connectivity index (χ1n) is 5.24. The van der Waals surface area contributed by atoms with Crippen molar-refractivity contribution in [2.24, 2.45) is 0 Å². The van der Waals surface area contributed by atoms with Crippen molar-refractivity contribution in [2.45, 2.75) is 5.92 Å². The van der Waals surface area contributed by atoms with Crippen molar-refractivity contribution in [1.29, 1.82) is 10.5 Å². The highest BCUT2D eigenvalue weighted by Crippen LogP contribution is 2.31. The van der Waals surface area contributed by atoms with Gasteiger partial charge in [0.1, 0.15) is 23.5 Å². The van der Waals surface area contributed by atoms with Crippen molar-refractivity contribution in [3.8, 4) is 12.1 Å². The Morgan fingerprint density at radius 1 is 0.952 bits per heavy atom. The Hall–Kier alpha value is -2.74. The van der Waals surface area contributed by atoms with Crippen LogP contribution in [-0.4, -0.2) is 5.92 Å². The average molecular weight is 300 g/mol. The minimum atomic E-state index is -4.20. The molecule has 1 aromatic carbocycles. The molecule has 0 saturated carbocycles. The molecule has 1 aromatic rings. The van der Waals surface area contributed by atoms with Crippen LogP contribution in [-0.2, 0) is 0 Å². The van der Waals surface area contributed by atoms with Gasteiger partial charge < -0.3 is 0 Å². The zero-order chi connectivity index (χ0) is 15.9. The van der Waals surface area contributed by atoms with Crippen molar-refractivity contribution < 1.29 is 26.3 Å². The van der Waals surface area contributed by atoms with Crippen LogP contribution < -0.4 is 10.4 Å². The molecule has 0 amide bonds. The van der Waals surface area contributed by atoms with E-state index in [1.807, 2.05) is 0 Å². The summed E-state index contributed by atoms with van der Waals surface area (Å²) in [6, 6.07) is 2.29. The predicted octanol–water partition coefficient (Wildman–Crippen LogP) is 2.04. The van der Waals surface area contributed by atoms with E-state index in [0.717, 1.165) is 12.1 Å². The molecule has 106 valence electrons. The number of allylic oxidation sites excluding steroid dienone is 1. The summed E-state index contributed by atoms with van der Waals surface area (Å²) in [5.74, 6) is -12.4. The van der Waals surface area contributed by atoms with Gasteiger partial charge in [0.25, 0.3) is 0 Å². The number of hydrogen-bond acceptors (Lipinski definition) is 2. The summed E-state index contributed by atoms with van der Waals surface area (Å²) in [5, 5.41) is 14.3. The van der Waals surface area contributed by atoms with Crippen LogP contribution in [0.2, 0.25) is 0 Å². The van der Waals surface area contributed by atoms with E-state index in [-0.39, 0.29) is 6.08 Å². The lowest BCUT2D eigenvalue weighted by Gasteiger charge is -2.16. The summed E-state index contributed by atoms with van der Waals surface area (Å²) in [4.78, 5) is 0. The summed E-state index contributed by atoms with van der Waals surface area (Å²) in [6.07, 6.45) is 0.333. The van der Waals surface area contributed by atoms with Crippen LogP contribution in [0.4, 0.5) is 26.3 Å². The van der Waals surface area contributed by atoms with Gasteiger partial charge in [-0.15, -0.1) is 0 Å². The molecule has 0 radical (unpaired) electrons. The smallest absolute Gasteiger partial charge is 0.205 e. The molecule has 0 N–H and O–H groups in total. The lowest BCUT2D eigenvalue weighted by atomic mass is 9.99. The Morgan fingerprint density at radius 3 is 2.05 bits per heavy atom. The van der Waals surface area contributed by atoms with Gasteiger partial charge >= 0.3 is 5.92 Å². The molecule has 0 aromatic heterocycles. The topological polar surface area (TPSA) is 47.6 Å². The van der Waals surface area contributed by atoms with E-state index in [4.69, 9.17) is 10.5 Å². The Labute approximate surface area is 113 Å². The lowest BCUT2D eigenvalue weighted by Crippen LogP contribution is -2.35. The third-order valence-electron chi connectivity index (χ3n) is 2.80. The van der Waals surface area contributed by atoms with Crippen LogP contribution in [0.1, 0.15) is 5.56 Å². The van der Waals surface area contributed by atoms with Crippen molar-refractivity contribution in [1.82, 2.24) is 0 Å². The summed E-state index contributed by atoms with van der Waals surface area (Å²) < 4.78 is 81.2. The molecule has 0 unspecified atom stereocenters. The molecule has 0 spiro atoms. The number of halogens is 6. The number of hydrogen-bond donors (Lipinski definition) is 0. The van der Waals surface area contributed by atoms with Crippen molar-refractivity contribution in [3.05, 3.63) is 39.5 Å². The molecule has 0 heterocycles. The van der Waals surface area contributed by atoms with E-state index in [1.165, 1.54) is 0 Å². The third-order valence-corrected chi connectivity index (χ3v) is 2.80. The standard InChI is InChI=1S/C13H2F6N2/c14-9-6-1-2-13(18,19)12(17)8(6)11(16)10(15)7(9)5(3-20)4-21/h1-2H. The Morgan fingerprint density at radius 2 is 1.52 bits per heavy atom. The van der Waals surface area contributed by atoms with Crippen LogP contribution in [0, 0.1) is 40.1 Å². The Balaban J connectivity index is 3.19. The molecule has 8 heteroatoms. The van der Waals surface area contributed by atoms with E-state index >= 15 is 0 Å². The number of fused-ring (bicyclic) bond motifs is 1. The normalized spacial score (nSPS) is 15.1. The second kappa shape index (κ2) is 4.67. The zero-order valence-electron chi connectivity index (χ0n) is 9.82. The van der Waals surface area contributed by atoms with Gasteiger partial charge in [-0.05, 0) is 12.2 Å². The van der Waals surface area contributed by atoms with E-state index < -0.39 is 50.8 Å². The molecule has 2 rings (SSSR count). The molecular formula is C13H2F6N2. The molecule has 21 heavy (non-hydrogen) atoms. The predicted molar refractivity (Wildman–Crippen MR) is 58.7 cm³/mol. The van der Waals surface area contributed by atoms with E-state index in [0.29, 0.717) is 6.08 Å². The van der Waals surface area contributed by atoms with Gasteiger partial charge in [-0.1, -0.05) is 0 Å². The summed E-state index contributed by atoms with van der Waals surface area (Å²) in [6.45, 7) is 0. The molecule has 0 atom stereocenters. The van der Waals surface area contributed by atoms with E-state index in [2.05, 4.69) is 0 Å². The van der Waals surface area contributed by atoms with Crippen LogP contribution in [0.3, 0.4) is 0 Å². The quantitative estimate of drug-likeness (QED) is 0.544. The fourth-order valence-electron chi connectivity index (χ4n) is 1.83. The fraction of sp³-hybridized carbons (Fsp3) is 0.0769. The Bertz CT molecular complexity index is 867. The van der Waals surface area contributed by atoms with Gasteiger partial charge in [0.2, 0.25) is 0 Å². The second-order valence-corrected chi connectivity index (χ2v) is 3.97. The van der Waals surface area contributed by atoms with E-state index in [1.54, 1.807) is 0 Å². The van der Waals surface area contributed by atoms with E-state index in [9.17, 15) is 26.3 Å². The van der Waals surface area contributed by atoms with Crippen LogP contribution in [0.25, 0.3) is 17.5 Å². The minimum Gasteiger partial charge on any atom is -0.205 e. The van der Waals surface area contributed by atoms with Gasteiger partial charge in [-0.2, -0.15) is 19.3 Å². The van der Waals surface area contributed by atoms with Crippen molar-refractivity contribution in [3.63, 3.8) is 0 Å². The maximum absolute atomic E-state index is 14.0. The molecule has 0 saturated heterocycles. The molecule has 1 aliphatic rings. The maximum Gasteiger partial charge on any atom is 0.318 e. The first-order chi connectivity index (χ1) is 9.76. The number of nitrogens with zero attached hydrogens (tertiary/aromatic N) is 2. The van der Waals surface area contributed by atoms with Gasteiger partial charge in [-0.25, -0.2) is 17.6 Å². The first kappa shape index (κ1) is 14.7. The number of nitriles is 2. The largest absolute Gasteiger partial charge is 0.318 e. The molecule has 1 aliphatic carbocycles. The number of alkyl halides is 2. The average Bonchev–Trinajstić information content (AvgIpc) is 2.44. The lowest BCUT2D eigenvalue weighted by molar-refractivity contribution is 0.103. The van der Waals surface area contributed by atoms with Gasteiger partial charge in [-0.3, -0.25) is 0 Å². The van der Waals surface area contributed by atoms with Crippen LogP contribution in [0.5, 0.6) is 0 Å². The number of rotatable bonds is 0. The molecule has 0 bridgehead atoms. The number of benzene rings is 1. The zero-order valence-corrected chi connectivity index (χ0v) is 9.82. The van der Waals surface area contributed by atoms with Gasteiger partial charge in [0.05, 0.1) is 10.4 Å². The molecule has 0 aliphatic heterocycles. The highest BCUT2D eigenvalue weighted by Gasteiger charge is 2.38. The van der Waals surface area contributed by atoms with Crippen LogP contribution >= 0.6 is 0 Å². The fourth-order valence-corrected chi connectivity index (χ4v) is 1.83. The Kier molecular flexibility index (Phi) is 3.26. The summed E-state index contributed by atoms with van der Waals surface area (Å²) in [5.41, 5.74) is -2.09. The van der Waals surface area contributed by atoms with Crippen molar-refractivity contribution >= 4 is 17.5 Å². The molecule has 0 fully saturated rings. The highest BCUT2D eigenvalue weighted by molar-refractivity contribution is 5.74. The highest BCUT2D eigenvalue weighted by atomic mass is 19.3. The summed E-state index contributed by atoms with van der Waals surface area (Å²) in [7, 11) is 0. The van der Waals surface area contributed by atoms with Gasteiger partial charge in [0.15, 0.2) is 17.5 Å². The van der Waals surface area contributed by atoms with Crippen molar-refractivity contribution in [2.75, 3.05) is 0 Å². The summed E-state index contributed by atoms with van der Waals surface area (Å²) >= 11 is 0.